The predicted molar refractivity (Wildman–Crippen MR) is 111 cm³/mol. The highest BCUT2D eigenvalue weighted by molar-refractivity contribution is 14.1. The summed E-state index contributed by atoms with van der Waals surface area (Å²) in [4.78, 5) is 24.7. The maximum Gasteiger partial charge on any atom is 0.258 e. The van der Waals surface area contributed by atoms with Crippen molar-refractivity contribution in [1.29, 1.82) is 0 Å². The molecule has 2 nitrogen and oxygen atoms in total. The van der Waals surface area contributed by atoms with Crippen molar-refractivity contribution in [3.8, 4) is 0 Å². The van der Waals surface area contributed by atoms with Crippen LogP contribution in [0, 0.1) is 28.1 Å². The van der Waals surface area contributed by atoms with Gasteiger partial charge in [0.2, 0.25) is 5.78 Å². The number of carbonyl (C=O) groups excluding carboxylic acids is 2. The van der Waals surface area contributed by atoms with Gasteiger partial charge in [0.15, 0.2) is 0 Å². The molecule has 3 aliphatic rings. The van der Waals surface area contributed by atoms with E-state index in [0.717, 1.165) is 38.5 Å². The van der Waals surface area contributed by atoms with Crippen molar-refractivity contribution in [2.75, 3.05) is 0 Å². The normalized spacial score (nSPS) is 40.7. The number of halogens is 1. The molecule has 25 heavy (non-hydrogen) atoms. The number of allylic oxidation sites excluding steroid dienone is 4. The van der Waals surface area contributed by atoms with E-state index in [-0.39, 0.29) is 26.3 Å². The number of rotatable bonds is 3. The lowest BCUT2D eigenvalue weighted by Crippen LogP contribution is -2.52. The Kier molecular flexibility index (Phi) is 4.88. The Hall–Kier alpha value is -0.450. The monoisotopic (exact) mass is 454 g/mol. The summed E-state index contributed by atoms with van der Waals surface area (Å²) in [7, 11) is 0. The third-order valence-electron chi connectivity index (χ3n) is 7.90. The van der Waals surface area contributed by atoms with Gasteiger partial charge in [0.1, 0.15) is 0 Å². The van der Waals surface area contributed by atoms with Crippen LogP contribution in [-0.2, 0) is 9.59 Å². The zero-order valence-electron chi connectivity index (χ0n) is 16.2. The molecule has 3 rings (SSSR count). The minimum absolute atomic E-state index is 0.0388. The van der Waals surface area contributed by atoms with Gasteiger partial charge in [0.25, 0.3) is 3.79 Å². The minimum Gasteiger partial charge on any atom is -0.289 e. The molecule has 138 valence electrons. The molecule has 0 N–H and O–H groups in total. The molecular weight excluding hydrogens is 423 g/mol. The van der Waals surface area contributed by atoms with Crippen LogP contribution in [0.4, 0.5) is 0 Å². The molecule has 0 saturated heterocycles. The Morgan fingerprint density at radius 3 is 2.48 bits per heavy atom. The van der Waals surface area contributed by atoms with E-state index in [1.807, 2.05) is 0 Å². The van der Waals surface area contributed by atoms with E-state index in [0.29, 0.717) is 5.92 Å². The largest absolute Gasteiger partial charge is 0.289 e. The maximum atomic E-state index is 12.8. The second-order valence-electron chi connectivity index (χ2n) is 9.57. The zero-order valence-corrected chi connectivity index (χ0v) is 18.4. The Bertz CT molecular complexity index is 674. The summed E-state index contributed by atoms with van der Waals surface area (Å²) < 4.78 is -0.296. The molecule has 3 aliphatic carbocycles. The molecule has 0 bridgehead atoms. The third-order valence-corrected chi connectivity index (χ3v) is 8.39. The Balaban J connectivity index is 2.01. The molecule has 3 heteroatoms. The number of hydrogen-bond acceptors (Lipinski definition) is 2. The molecule has 0 amide bonds. The van der Waals surface area contributed by atoms with Crippen LogP contribution < -0.4 is 0 Å². The van der Waals surface area contributed by atoms with E-state index in [1.165, 1.54) is 5.57 Å². The van der Waals surface area contributed by atoms with Gasteiger partial charge in [-0.15, -0.1) is 0 Å². The van der Waals surface area contributed by atoms with Crippen molar-refractivity contribution < 1.29 is 9.59 Å². The van der Waals surface area contributed by atoms with E-state index in [1.54, 1.807) is 28.2 Å². The first-order valence-corrected chi connectivity index (χ1v) is 10.8. The van der Waals surface area contributed by atoms with E-state index < -0.39 is 5.41 Å². The quantitative estimate of drug-likeness (QED) is 0.296. The Morgan fingerprint density at radius 1 is 1.20 bits per heavy atom. The van der Waals surface area contributed by atoms with E-state index in [2.05, 4.69) is 46.8 Å². The van der Waals surface area contributed by atoms with Crippen molar-refractivity contribution in [2.24, 2.45) is 28.1 Å². The topological polar surface area (TPSA) is 34.1 Å². The molecule has 0 aromatic rings. The smallest absolute Gasteiger partial charge is 0.258 e. The lowest BCUT2D eigenvalue weighted by atomic mass is 9.47. The first-order chi connectivity index (χ1) is 11.5. The van der Waals surface area contributed by atoms with Gasteiger partial charge in [-0.3, -0.25) is 9.59 Å². The average Bonchev–Trinajstić information content (AvgIpc) is 2.53. The lowest BCUT2D eigenvalue weighted by Gasteiger charge is -2.56. The van der Waals surface area contributed by atoms with Crippen LogP contribution in [0.5, 0.6) is 0 Å². The van der Waals surface area contributed by atoms with Crippen molar-refractivity contribution in [3.63, 3.8) is 0 Å². The summed E-state index contributed by atoms with van der Waals surface area (Å²) in [6.07, 6.45) is 11.1. The first kappa shape index (κ1) is 19.3. The second-order valence-corrected chi connectivity index (χ2v) is 10.6. The molecule has 0 aromatic heterocycles. The molecule has 2 unspecified atom stereocenters. The van der Waals surface area contributed by atoms with Crippen LogP contribution in [0.25, 0.3) is 0 Å². The summed E-state index contributed by atoms with van der Waals surface area (Å²) in [5, 5.41) is 0. The molecule has 4 atom stereocenters. The number of Topliss-reactive ketones (excluding diaryl/α,β-unsaturated/α-hetero) is 1. The van der Waals surface area contributed by atoms with Gasteiger partial charge in [-0.05, 0) is 60.3 Å². The fraction of sp³-hybridized carbons (Fsp3) is 0.727. The Morgan fingerprint density at radius 2 is 1.88 bits per heavy atom. The van der Waals surface area contributed by atoms with Crippen LogP contribution >= 0.6 is 22.6 Å². The molecule has 0 radical (unpaired) electrons. The lowest BCUT2D eigenvalue weighted by molar-refractivity contribution is -0.144. The fourth-order valence-electron chi connectivity index (χ4n) is 5.87. The molecule has 0 spiro atoms. The number of fused-ring (bicyclic) bond motifs is 2. The van der Waals surface area contributed by atoms with Gasteiger partial charge in [-0.1, -0.05) is 58.8 Å². The summed E-state index contributed by atoms with van der Waals surface area (Å²) in [6.45, 7) is 11.4. The fourth-order valence-corrected chi connectivity index (χ4v) is 6.48. The van der Waals surface area contributed by atoms with Crippen molar-refractivity contribution in [2.45, 2.75) is 73.1 Å². The summed E-state index contributed by atoms with van der Waals surface area (Å²) >= 11 is 1.68. The summed E-state index contributed by atoms with van der Waals surface area (Å²) in [5.41, 5.74) is 2.89. The Labute approximate surface area is 166 Å². The minimum atomic E-state index is -0.490. The van der Waals surface area contributed by atoms with Gasteiger partial charge < -0.3 is 0 Å². The highest BCUT2D eigenvalue weighted by Crippen LogP contribution is 2.62. The number of carbonyl (C=O) groups is 2. The van der Waals surface area contributed by atoms with E-state index >= 15 is 0 Å². The van der Waals surface area contributed by atoms with Crippen molar-refractivity contribution >= 4 is 32.2 Å². The first-order valence-electron chi connectivity index (χ1n) is 9.70. The van der Waals surface area contributed by atoms with Gasteiger partial charge >= 0.3 is 0 Å². The van der Waals surface area contributed by atoms with Crippen LogP contribution in [-0.4, -0.2) is 9.57 Å². The third kappa shape index (κ3) is 2.89. The number of hydrogen-bond donors (Lipinski definition) is 0. The molecule has 1 fully saturated rings. The van der Waals surface area contributed by atoms with E-state index in [9.17, 15) is 9.59 Å². The second kappa shape index (κ2) is 6.31. The maximum absolute atomic E-state index is 12.8. The summed E-state index contributed by atoms with van der Waals surface area (Å²) in [6, 6.07) is 0. The van der Waals surface area contributed by atoms with Crippen LogP contribution in [0.1, 0.15) is 73.1 Å². The van der Waals surface area contributed by atoms with Crippen molar-refractivity contribution in [3.05, 3.63) is 23.3 Å². The SMILES string of the molecule is CC(C)[C@@]1(C)C=CC2=C(CCC3C(C)(C(=O)C(=O)I)CCC[C@@]23C)C1. The highest BCUT2D eigenvalue weighted by atomic mass is 127. The standard InChI is InChI=1S/C22H31IO2/c1-14(2)20(3)12-9-16-15(13-20)7-8-17-21(16,4)10-6-11-22(17,5)18(24)19(23)25/h9,12,14,17H,6-8,10-11,13H2,1-5H3/t17?,20-,21-,22?/m0/s1. The molecular formula is C22H31IO2. The molecule has 0 aromatic carbocycles. The molecule has 1 saturated carbocycles. The summed E-state index contributed by atoms with van der Waals surface area (Å²) in [5.74, 6) is 0.754. The van der Waals surface area contributed by atoms with Crippen molar-refractivity contribution in [1.82, 2.24) is 0 Å². The van der Waals surface area contributed by atoms with E-state index in [4.69, 9.17) is 0 Å². The van der Waals surface area contributed by atoms with Gasteiger partial charge in [-0.2, -0.15) is 0 Å². The zero-order chi connectivity index (χ0) is 18.6. The van der Waals surface area contributed by atoms with Crippen LogP contribution in [0.15, 0.2) is 23.3 Å². The van der Waals surface area contributed by atoms with Crippen LogP contribution in [0.3, 0.4) is 0 Å². The highest BCUT2D eigenvalue weighted by Gasteiger charge is 2.56. The van der Waals surface area contributed by atoms with Gasteiger partial charge in [-0.25, -0.2) is 0 Å². The molecule has 0 heterocycles. The van der Waals surface area contributed by atoms with Gasteiger partial charge in [0.05, 0.1) is 0 Å². The van der Waals surface area contributed by atoms with Crippen LogP contribution in [0.2, 0.25) is 0 Å². The molecule has 0 aliphatic heterocycles. The predicted octanol–water partition coefficient (Wildman–Crippen LogP) is 6.04. The van der Waals surface area contributed by atoms with Gasteiger partial charge in [0, 0.05) is 28.0 Å². The number of ketones is 1. The average molecular weight is 454 g/mol.